The summed E-state index contributed by atoms with van der Waals surface area (Å²) in [5, 5.41) is 7.45. The maximum Gasteiger partial charge on any atom is 0.155 e. The van der Waals surface area contributed by atoms with Crippen molar-refractivity contribution in [2.75, 3.05) is 13.1 Å². The third-order valence-electron chi connectivity index (χ3n) is 2.84. The smallest absolute Gasteiger partial charge is 0.155 e. The molecule has 1 atom stereocenters. The average Bonchev–Trinajstić information content (AvgIpc) is 2.88. The molecule has 0 saturated carbocycles. The van der Waals surface area contributed by atoms with Crippen molar-refractivity contribution in [3.05, 3.63) is 30.2 Å². The van der Waals surface area contributed by atoms with Crippen LogP contribution in [0.1, 0.15) is 17.9 Å². The second kappa shape index (κ2) is 4.16. The molecule has 0 spiro atoms. The normalized spacial score (nSPS) is 20.4. The van der Waals surface area contributed by atoms with Gasteiger partial charge in [-0.25, -0.2) is 9.50 Å². The molecule has 1 saturated heterocycles. The van der Waals surface area contributed by atoms with Crippen LogP contribution in [0.4, 0.5) is 0 Å². The molecule has 0 bridgehead atoms. The van der Waals surface area contributed by atoms with Crippen molar-refractivity contribution in [3.63, 3.8) is 0 Å². The predicted octanol–water partition coefficient (Wildman–Crippen LogP) is 1.23. The number of nitrogens with zero attached hydrogens (tertiary/aromatic N) is 3. The van der Waals surface area contributed by atoms with Gasteiger partial charge in [-0.05, 0) is 36.6 Å². The maximum absolute atomic E-state index is 4.18. The van der Waals surface area contributed by atoms with Crippen LogP contribution in [0.5, 0.6) is 0 Å². The number of hydrogen-bond donors (Lipinski definition) is 1. The van der Waals surface area contributed by atoms with Crippen LogP contribution in [0.3, 0.4) is 0 Å². The molecule has 1 unspecified atom stereocenters. The van der Waals surface area contributed by atoms with Crippen molar-refractivity contribution in [2.45, 2.75) is 12.3 Å². The first-order chi connectivity index (χ1) is 6.93. The van der Waals surface area contributed by atoms with Crippen LogP contribution >= 0.6 is 12.4 Å². The first-order valence-corrected chi connectivity index (χ1v) is 4.93. The standard InChI is InChI=1S/C10H12N4.ClH/c1-3-11-6-9(1)8-2-4-14-10(5-8)12-7-13-14;/h2,4-5,7,9,11H,1,3,6H2;1H. The summed E-state index contributed by atoms with van der Waals surface area (Å²) in [5.41, 5.74) is 2.31. The monoisotopic (exact) mass is 224 g/mol. The first-order valence-electron chi connectivity index (χ1n) is 4.93. The molecule has 3 heterocycles. The largest absolute Gasteiger partial charge is 0.316 e. The highest BCUT2D eigenvalue weighted by molar-refractivity contribution is 5.85. The minimum Gasteiger partial charge on any atom is -0.316 e. The van der Waals surface area contributed by atoms with Gasteiger partial charge in [-0.1, -0.05) is 0 Å². The van der Waals surface area contributed by atoms with Crippen LogP contribution in [0.15, 0.2) is 24.7 Å². The number of fused-ring (bicyclic) bond motifs is 1. The van der Waals surface area contributed by atoms with Gasteiger partial charge in [0.05, 0.1) is 0 Å². The van der Waals surface area contributed by atoms with Crippen LogP contribution in [0.2, 0.25) is 0 Å². The molecule has 1 N–H and O–H groups in total. The van der Waals surface area contributed by atoms with Crippen molar-refractivity contribution in [3.8, 4) is 0 Å². The molecule has 0 aromatic carbocycles. The number of aromatic nitrogens is 3. The summed E-state index contributed by atoms with van der Waals surface area (Å²) in [5.74, 6) is 0.650. The van der Waals surface area contributed by atoms with Gasteiger partial charge >= 0.3 is 0 Å². The molecular formula is C10H13ClN4. The highest BCUT2D eigenvalue weighted by Crippen LogP contribution is 2.22. The molecule has 80 valence electrons. The van der Waals surface area contributed by atoms with E-state index in [1.54, 1.807) is 10.8 Å². The Hall–Kier alpha value is -1.13. The highest BCUT2D eigenvalue weighted by Gasteiger charge is 2.16. The van der Waals surface area contributed by atoms with E-state index in [0.717, 1.165) is 18.7 Å². The molecule has 0 aliphatic carbocycles. The third-order valence-corrected chi connectivity index (χ3v) is 2.84. The zero-order valence-corrected chi connectivity index (χ0v) is 9.07. The summed E-state index contributed by atoms with van der Waals surface area (Å²) >= 11 is 0. The third kappa shape index (κ3) is 1.82. The Labute approximate surface area is 94.1 Å². The molecule has 0 amide bonds. The van der Waals surface area contributed by atoms with Crippen molar-refractivity contribution < 1.29 is 0 Å². The zero-order valence-electron chi connectivity index (χ0n) is 8.26. The lowest BCUT2D eigenvalue weighted by molar-refractivity contribution is 0.760. The lowest BCUT2D eigenvalue weighted by Gasteiger charge is -2.07. The number of halogens is 1. The van der Waals surface area contributed by atoms with Crippen molar-refractivity contribution in [2.24, 2.45) is 0 Å². The SMILES string of the molecule is Cl.c1nc2cc(C3CCNC3)ccn2n1. The van der Waals surface area contributed by atoms with E-state index in [9.17, 15) is 0 Å². The second-order valence-electron chi connectivity index (χ2n) is 3.71. The second-order valence-corrected chi connectivity index (χ2v) is 3.71. The van der Waals surface area contributed by atoms with Gasteiger partial charge in [0, 0.05) is 12.7 Å². The van der Waals surface area contributed by atoms with Crippen LogP contribution in [-0.2, 0) is 0 Å². The van der Waals surface area contributed by atoms with E-state index < -0.39 is 0 Å². The lowest BCUT2D eigenvalue weighted by atomic mass is 10.00. The van der Waals surface area contributed by atoms with E-state index >= 15 is 0 Å². The Morgan fingerprint density at radius 3 is 3.20 bits per heavy atom. The molecule has 1 aliphatic heterocycles. The molecule has 2 aromatic heterocycles. The van der Waals surface area contributed by atoms with Gasteiger partial charge < -0.3 is 5.32 Å². The summed E-state index contributed by atoms with van der Waals surface area (Å²) in [7, 11) is 0. The Kier molecular flexibility index (Phi) is 2.88. The van der Waals surface area contributed by atoms with Gasteiger partial charge in [-0.3, -0.25) is 0 Å². The minimum absolute atomic E-state index is 0. The Bertz CT molecular complexity index is 447. The van der Waals surface area contributed by atoms with Crippen molar-refractivity contribution in [1.29, 1.82) is 0 Å². The predicted molar refractivity (Wildman–Crippen MR) is 60.5 cm³/mol. The van der Waals surface area contributed by atoms with E-state index in [1.807, 2.05) is 6.20 Å². The molecule has 1 fully saturated rings. The fraction of sp³-hybridized carbons (Fsp3) is 0.400. The van der Waals surface area contributed by atoms with Gasteiger partial charge in [-0.2, -0.15) is 5.10 Å². The summed E-state index contributed by atoms with van der Waals surface area (Å²) in [6.07, 6.45) is 4.80. The van der Waals surface area contributed by atoms with Crippen LogP contribution in [0, 0.1) is 0 Å². The van der Waals surface area contributed by atoms with Gasteiger partial charge in [0.2, 0.25) is 0 Å². The number of rotatable bonds is 1. The molecule has 0 radical (unpaired) electrons. The van der Waals surface area contributed by atoms with E-state index in [0.29, 0.717) is 5.92 Å². The number of hydrogen-bond acceptors (Lipinski definition) is 3. The van der Waals surface area contributed by atoms with Gasteiger partial charge in [0.15, 0.2) is 5.65 Å². The molecule has 4 nitrogen and oxygen atoms in total. The Morgan fingerprint density at radius 1 is 1.47 bits per heavy atom. The average molecular weight is 225 g/mol. The summed E-state index contributed by atoms with van der Waals surface area (Å²) < 4.78 is 1.80. The number of pyridine rings is 1. The van der Waals surface area contributed by atoms with E-state index in [-0.39, 0.29) is 12.4 Å². The zero-order chi connectivity index (χ0) is 9.38. The molecule has 15 heavy (non-hydrogen) atoms. The number of nitrogens with one attached hydrogen (secondary N) is 1. The first kappa shape index (κ1) is 10.4. The topological polar surface area (TPSA) is 42.2 Å². The van der Waals surface area contributed by atoms with Crippen LogP contribution in [-0.4, -0.2) is 27.7 Å². The fourth-order valence-corrected chi connectivity index (χ4v) is 2.02. The minimum atomic E-state index is 0. The van der Waals surface area contributed by atoms with Crippen LogP contribution < -0.4 is 5.32 Å². The Morgan fingerprint density at radius 2 is 2.40 bits per heavy atom. The molecule has 2 aromatic rings. The highest BCUT2D eigenvalue weighted by atomic mass is 35.5. The molecule has 3 rings (SSSR count). The molecule has 5 heteroatoms. The van der Waals surface area contributed by atoms with Crippen LogP contribution in [0.25, 0.3) is 5.65 Å². The van der Waals surface area contributed by atoms with E-state index in [2.05, 4.69) is 27.5 Å². The molecule has 1 aliphatic rings. The van der Waals surface area contributed by atoms with Crippen molar-refractivity contribution in [1.82, 2.24) is 19.9 Å². The van der Waals surface area contributed by atoms with Crippen molar-refractivity contribution >= 4 is 18.1 Å². The lowest BCUT2D eigenvalue weighted by Crippen LogP contribution is -2.08. The molecular weight excluding hydrogens is 212 g/mol. The maximum atomic E-state index is 4.18. The van der Waals surface area contributed by atoms with E-state index in [1.165, 1.54) is 12.0 Å². The van der Waals surface area contributed by atoms with Gasteiger partial charge in [0.1, 0.15) is 6.33 Å². The van der Waals surface area contributed by atoms with Gasteiger partial charge in [-0.15, -0.1) is 12.4 Å². The summed E-state index contributed by atoms with van der Waals surface area (Å²) in [6, 6.07) is 4.27. The summed E-state index contributed by atoms with van der Waals surface area (Å²) in [4.78, 5) is 4.18. The quantitative estimate of drug-likeness (QED) is 0.792. The van der Waals surface area contributed by atoms with Gasteiger partial charge in [0.25, 0.3) is 0 Å². The summed E-state index contributed by atoms with van der Waals surface area (Å²) in [6.45, 7) is 2.22. The van der Waals surface area contributed by atoms with E-state index in [4.69, 9.17) is 0 Å². The Balaban J connectivity index is 0.000000853. The fourth-order valence-electron chi connectivity index (χ4n) is 2.02.